The van der Waals surface area contributed by atoms with Crippen LogP contribution in [0, 0.1) is 0 Å². The molecule has 1 heterocycles. The van der Waals surface area contributed by atoms with Gasteiger partial charge < -0.3 is 5.73 Å². The van der Waals surface area contributed by atoms with E-state index in [1.54, 1.807) is 18.2 Å². The third-order valence-electron chi connectivity index (χ3n) is 1.90. The number of nitrogens with two attached hydrogens (primary N) is 1. The van der Waals surface area contributed by atoms with Crippen molar-refractivity contribution in [3.8, 4) is 5.69 Å². The molecule has 0 aliphatic carbocycles. The molecule has 0 atom stereocenters. The summed E-state index contributed by atoms with van der Waals surface area (Å²) in [5, 5.41) is 4.21. The summed E-state index contributed by atoms with van der Waals surface area (Å²) < 4.78 is 1.44. The van der Waals surface area contributed by atoms with Gasteiger partial charge in [-0.25, -0.2) is 9.67 Å². The second-order valence-electron chi connectivity index (χ2n) is 2.84. The number of carbonyl (C=O) groups excluding carboxylic acids is 1. The highest BCUT2D eigenvalue weighted by Gasteiger charge is 2.13. The normalized spacial score (nSPS) is 10.2. The van der Waals surface area contributed by atoms with Crippen LogP contribution in [-0.2, 0) is 0 Å². The summed E-state index contributed by atoms with van der Waals surface area (Å²) in [6.45, 7) is 0. The Kier molecular flexibility index (Phi) is 2.39. The smallest absolute Gasteiger partial charge is 0.252 e. The Balaban J connectivity index is 2.66. The first kappa shape index (κ1) is 9.67. The summed E-state index contributed by atoms with van der Waals surface area (Å²) in [7, 11) is 0. The van der Waals surface area contributed by atoms with Gasteiger partial charge in [0.25, 0.3) is 5.91 Å². The van der Waals surface area contributed by atoms with Crippen LogP contribution in [0.2, 0.25) is 5.02 Å². The lowest BCUT2D eigenvalue weighted by Crippen LogP contribution is -2.15. The number of carbonyl (C=O) groups is 1. The van der Waals surface area contributed by atoms with Crippen LogP contribution in [0.3, 0.4) is 0 Å². The van der Waals surface area contributed by atoms with Crippen LogP contribution in [-0.4, -0.2) is 20.7 Å². The maximum absolute atomic E-state index is 11.2. The minimum atomic E-state index is -0.592. The molecule has 2 aromatic rings. The molecule has 76 valence electrons. The van der Waals surface area contributed by atoms with Crippen molar-refractivity contribution < 1.29 is 4.79 Å². The van der Waals surface area contributed by atoms with Gasteiger partial charge in [0.2, 0.25) is 0 Å². The fraction of sp³-hybridized carbons (Fsp3) is 0. The van der Waals surface area contributed by atoms with Crippen LogP contribution < -0.4 is 5.73 Å². The van der Waals surface area contributed by atoms with Gasteiger partial charge in [0.15, 0.2) is 0 Å². The van der Waals surface area contributed by atoms with E-state index in [-0.39, 0.29) is 5.56 Å². The van der Waals surface area contributed by atoms with Crippen molar-refractivity contribution in [1.82, 2.24) is 14.8 Å². The molecule has 0 fully saturated rings. The standard InChI is InChI=1S/C9H7ClN4O/c10-6-2-1-3-7(8(6)9(11)15)14-5-12-4-13-14/h1-5H,(H2,11,15). The number of nitrogens with zero attached hydrogens (tertiary/aromatic N) is 3. The average molecular weight is 223 g/mol. The molecule has 5 nitrogen and oxygen atoms in total. The van der Waals surface area contributed by atoms with Crippen LogP contribution in [0.5, 0.6) is 0 Å². The van der Waals surface area contributed by atoms with Gasteiger partial charge in [-0.15, -0.1) is 0 Å². The fourth-order valence-corrected chi connectivity index (χ4v) is 1.54. The van der Waals surface area contributed by atoms with Gasteiger partial charge in [-0.1, -0.05) is 17.7 Å². The maximum atomic E-state index is 11.2. The molecule has 0 bridgehead atoms. The summed E-state index contributed by atoms with van der Waals surface area (Å²) in [5.74, 6) is -0.592. The summed E-state index contributed by atoms with van der Waals surface area (Å²) in [4.78, 5) is 15.0. The number of hydrogen-bond donors (Lipinski definition) is 1. The molecule has 0 spiro atoms. The number of rotatable bonds is 2. The molecule has 1 amide bonds. The quantitative estimate of drug-likeness (QED) is 0.825. The highest BCUT2D eigenvalue weighted by molar-refractivity contribution is 6.34. The van der Waals surface area contributed by atoms with E-state index in [9.17, 15) is 4.79 Å². The van der Waals surface area contributed by atoms with Gasteiger partial charge in [0.1, 0.15) is 12.7 Å². The maximum Gasteiger partial charge on any atom is 0.252 e. The van der Waals surface area contributed by atoms with E-state index in [0.29, 0.717) is 10.7 Å². The number of primary amides is 1. The largest absolute Gasteiger partial charge is 0.365 e. The summed E-state index contributed by atoms with van der Waals surface area (Å²) in [6, 6.07) is 5.01. The number of halogens is 1. The molecule has 1 aromatic heterocycles. The van der Waals surface area contributed by atoms with E-state index in [1.807, 2.05) is 0 Å². The molecule has 0 radical (unpaired) electrons. The highest BCUT2D eigenvalue weighted by Crippen LogP contribution is 2.21. The van der Waals surface area contributed by atoms with E-state index >= 15 is 0 Å². The van der Waals surface area contributed by atoms with E-state index in [4.69, 9.17) is 17.3 Å². The lowest BCUT2D eigenvalue weighted by molar-refractivity contribution is 0.100. The van der Waals surface area contributed by atoms with Crippen molar-refractivity contribution in [3.05, 3.63) is 41.4 Å². The van der Waals surface area contributed by atoms with Crippen molar-refractivity contribution in [2.75, 3.05) is 0 Å². The van der Waals surface area contributed by atoms with Gasteiger partial charge in [0.05, 0.1) is 16.3 Å². The number of benzene rings is 1. The molecule has 2 N–H and O–H groups in total. The lowest BCUT2D eigenvalue weighted by atomic mass is 10.1. The minimum absolute atomic E-state index is 0.240. The average Bonchev–Trinajstić information content (AvgIpc) is 2.69. The second kappa shape index (κ2) is 3.70. The Morgan fingerprint density at radius 2 is 2.27 bits per heavy atom. The van der Waals surface area contributed by atoms with Crippen LogP contribution >= 0.6 is 11.6 Å². The van der Waals surface area contributed by atoms with Gasteiger partial charge >= 0.3 is 0 Å². The molecule has 2 rings (SSSR count). The van der Waals surface area contributed by atoms with Crippen LogP contribution in [0.4, 0.5) is 0 Å². The van der Waals surface area contributed by atoms with Crippen molar-refractivity contribution in [2.24, 2.45) is 5.73 Å². The molecule has 6 heteroatoms. The lowest BCUT2D eigenvalue weighted by Gasteiger charge is -2.07. The zero-order chi connectivity index (χ0) is 10.8. The fourth-order valence-electron chi connectivity index (χ4n) is 1.28. The molecule has 0 aliphatic rings. The first-order valence-electron chi connectivity index (χ1n) is 4.13. The first-order chi connectivity index (χ1) is 7.20. The summed E-state index contributed by atoms with van der Waals surface area (Å²) in [5.41, 5.74) is 6.00. The zero-order valence-electron chi connectivity index (χ0n) is 7.59. The highest BCUT2D eigenvalue weighted by atomic mass is 35.5. The molecule has 0 saturated heterocycles. The third kappa shape index (κ3) is 1.69. The molecule has 0 unspecified atom stereocenters. The van der Waals surface area contributed by atoms with Crippen molar-refractivity contribution >= 4 is 17.5 Å². The van der Waals surface area contributed by atoms with Gasteiger partial charge in [0, 0.05) is 0 Å². The Hall–Kier alpha value is -1.88. The predicted molar refractivity (Wildman–Crippen MR) is 54.9 cm³/mol. The van der Waals surface area contributed by atoms with Gasteiger partial charge in [-0.3, -0.25) is 4.79 Å². The SMILES string of the molecule is NC(=O)c1c(Cl)cccc1-n1cncn1. The molecule has 1 aromatic carbocycles. The Morgan fingerprint density at radius 1 is 1.47 bits per heavy atom. The molecule has 0 aliphatic heterocycles. The van der Waals surface area contributed by atoms with Crippen LogP contribution in [0.15, 0.2) is 30.9 Å². The van der Waals surface area contributed by atoms with E-state index in [2.05, 4.69) is 10.1 Å². The zero-order valence-corrected chi connectivity index (χ0v) is 8.35. The Labute approximate surface area is 90.5 Å². The van der Waals surface area contributed by atoms with Crippen molar-refractivity contribution in [1.29, 1.82) is 0 Å². The minimum Gasteiger partial charge on any atom is -0.365 e. The molecule has 0 saturated carbocycles. The Bertz CT molecular complexity index is 495. The van der Waals surface area contributed by atoms with Gasteiger partial charge in [-0.2, -0.15) is 5.10 Å². The number of aromatic nitrogens is 3. The van der Waals surface area contributed by atoms with Crippen molar-refractivity contribution in [3.63, 3.8) is 0 Å². The number of hydrogen-bond acceptors (Lipinski definition) is 3. The summed E-state index contributed by atoms with van der Waals surface area (Å²) in [6.07, 6.45) is 2.84. The van der Waals surface area contributed by atoms with Crippen LogP contribution in [0.25, 0.3) is 5.69 Å². The van der Waals surface area contributed by atoms with E-state index in [0.717, 1.165) is 0 Å². The topological polar surface area (TPSA) is 73.8 Å². The monoisotopic (exact) mass is 222 g/mol. The van der Waals surface area contributed by atoms with Crippen molar-refractivity contribution in [2.45, 2.75) is 0 Å². The van der Waals surface area contributed by atoms with E-state index in [1.165, 1.54) is 17.3 Å². The molecular formula is C9H7ClN4O. The molecular weight excluding hydrogens is 216 g/mol. The Morgan fingerprint density at radius 3 is 2.87 bits per heavy atom. The second-order valence-corrected chi connectivity index (χ2v) is 3.25. The molecule has 15 heavy (non-hydrogen) atoms. The predicted octanol–water partition coefficient (Wildman–Crippen LogP) is 1.02. The van der Waals surface area contributed by atoms with Gasteiger partial charge in [-0.05, 0) is 12.1 Å². The number of amides is 1. The summed E-state index contributed by atoms with van der Waals surface area (Å²) >= 11 is 5.88. The van der Waals surface area contributed by atoms with E-state index < -0.39 is 5.91 Å². The van der Waals surface area contributed by atoms with Crippen LogP contribution in [0.1, 0.15) is 10.4 Å². The third-order valence-corrected chi connectivity index (χ3v) is 2.22. The first-order valence-corrected chi connectivity index (χ1v) is 4.51.